The molecule has 2 nitrogen and oxygen atoms in total. The second-order valence-electron chi connectivity index (χ2n) is 28.2. The smallest absolute Gasteiger partial charge is 0.0714 e. The monoisotopic (exact) mass is 1320 g/mol. The van der Waals surface area contributed by atoms with Crippen molar-refractivity contribution in [3.8, 4) is 89.0 Å². The van der Waals surface area contributed by atoms with Crippen LogP contribution in [-0.4, -0.2) is 0 Å². The molecule has 0 unspecified atom stereocenters. The Balaban J connectivity index is 0.746. The molecule has 17 aromatic carbocycles. The van der Waals surface area contributed by atoms with Gasteiger partial charge in [-0.3, -0.25) is 0 Å². The zero-order valence-corrected chi connectivity index (χ0v) is 58.0. The Morgan fingerprint density at radius 1 is 0.202 bits per heavy atom. The summed E-state index contributed by atoms with van der Waals surface area (Å²) in [5.74, 6) is 0. The molecule has 19 rings (SSSR count). The van der Waals surface area contributed by atoms with Crippen molar-refractivity contribution in [2.24, 2.45) is 0 Å². The Kier molecular flexibility index (Phi) is 15.2. The summed E-state index contributed by atoms with van der Waals surface area (Å²) in [6.07, 6.45) is 0. The maximum absolute atomic E-state index is 2.52. The van der Waals surface area contributed by atoms with Crippen molar-refractivity contribution >= 4 is 55.7 Å². The molecule has 104 heavy (non-hydrogen) atoms. The van der Waals surface area contributed by atoms with Crippen molar-refractivity contribution in [1.82, 2.24) is 0 Å². The van der Waals surface area contributed by atoms with Gasteiger partial charge in [0.25, 0.3) is 0 Å². The van der Waals surface area contributed by atoms with Gasteiger partial charge < -0.3 is 9.80 Å². The quantitative estimate of drug-likeness (QED) is 0.107. The molecule has 0 saturated heterocycles. The summed E-state index contributed by atoms with van der Waals surface area (Å²) >= 11 is 0. The van der Waals surface area contributed by atoms with E-state index in [1.165, 1.54) is 105 Å². The van der Waals surface area contributed by atoms with E-state index in [-0.39, 0.29) is 5.41 Å². The first-order chi connectivity index (χ1) is 51.4. The summed E-state index contributed by atoms with van der Waals surface area (Å²) in [6, 6.07) is 149. The van der Waals surface area contributed by atoms with Crippen molar-refractivity contribution < 1.29 is 0 Å². The second kappa shape index (κ2) is 25.5. The lowest BCUT2D eigenvalue weighted by molar-refractivity contribution is 0.662. The normalized spacial score (nSPS) is 12.9. The van der Waals surface area contributed by atoms with Crippen LogP contribution in [0, 0.1) is 0 Å². The average Bonchev–Trinajstić information content (AvgIpc) is 1.53. The van der Waals surface area contributed by atoms with E-state index in [1.54, 1.807) is 0 Å². The lowest BCUT2D eigenvalue weighted by atomic mass is 9.67. The first-order valence-electron chi connectivity index (χ1n) is 36.2. The zero-order valence-electron chi connectivity index (χ0n) is 58.0. The fraction of sp³-hybridized carbons (Fsp3) is 0.0392. The molecule has 0 aromatic heterocycles. The first kappa shape index (κ1) is 61.9. The number of benzene rings is 17. The molecule has 0 spiro atoms. The minimum atomic E-state index is -0.721. The Morgan fingerprint density at radius 2 is 0.558 bits per heavy atom. The summed E-state index contributed by atoms with van der Waals surface area (Å²) in [5, 5.41) is 4.83. The van der Waals surface area contributed by atoms with Gasteiger partial charge in [-0.25, -0.2) is 0 Å². The molecule has 2 aliphatic rings. The SMILES string of the molecule is CC1(C)c2ccccc2-c2cccc(-c3ccc(N(c4cccc(-c5ccc(-c6ccc7c(c6)C(c6ccccc6)(c6ccccc6)c6cc(N(c8cccc(-c9cccc%10ccccc9%10)c8)c8ccccc8-c8ccccc8)ccc6-7)c6ccccc56)c4)c4ccccc4-c4ccccc4)cc3)c21. The summed E-state index contributed by atoms with van der Waals surface area (Å²) < 4.78 is 0. The van der Waals surface area contributed by atoms with Gasteiger partial charge in [-0.05, 0) is 200 Å². The predicted molar refractivity (Wildman–Crippen MR) is 438 cm³/mol. The highest BCUT2D eigenvalue weighted by Gasteiger charge is 2.47. The predicted octanol–water partition coefficient (Wildman–Crippen LogP) is 27.6. The topological polar surface area (TPSA) is 6.48 Å². The number of fused-ring (bicyclic) bond motifs is 8. The Morgan fingerprint density at radius 3 is 1.16 bits per heavy atom. The van der Waals surface area contributed by atoms with Crippen molar-refractivity contribution in [2.75, 3.05) is 9.80 Å². The molecule has 0 bridgehead atoms. The molecule has 0 heterocycles. The number of rotatable bonds is 14. The van der Waals surface area contributed by atoms with Crippen LogP contribution in [0.2, 0.25) is 0 Å². The van der Waals surface area contributed by atoms with E-state index in [2.05, 4.69) is 424 Å². The second-order valence-corrected chi connectivity index (χ2v) is 28.2. The van der Waals surface area contributed by atoms with Crippen LogP contribution < -0.4 is 9.80 Å². The largest absolute Gasteiger partial charge is 0.310 e. The minimum Gasteiger partial charge on any atom is -0.310 e. The van der Waals surface area contributed by atoms with Gasteiger partial charge in [-0.1, -0.05) is 347 Å². The molecule has 2 heteroatoms. The van der Waals surface area contributed by atoms with Gasteiger partial charge in [0.05, 0.1) is 16.8 Å². The number of para-hydroxylation sites is 2. The summed E-state index contributed by atoms with van der Waals surface area (Å²) in [7, 11) is 0. The molecule has 0 atom stereocenters. The van der Waals surface area contributed by atoms with E-state index < -0.39 is 5.41 Å². The summed E-state index contributed by atoms with van der Waals surface area (Å²) in [4.78, 5) is 4.94. The standard InChI is InChI=1S/C102H72N2/c1-101(2)95-52-22-19-48-91(95)94-51-28-50-88(100(94)101)72-55-58-78(59-56-72)103(98-53-23-20-44-86(98)70-29-7-3-8-30-70)79-41-26-36-74(66-79)84-63-64-85(90-47-18-17-46-89(84)90)75-57-61-92-93-62-60-81(68-97(93)102(96(92)67-75,76-37-11-5-12-38-76)77-39-13-6-14-40-77)104(99-54-24-21-45-87(99)71-31-9-4-10-32-71)80-42-25-35-73(65-80)83-49-27-34-69-33-15-16-43-82(69)83/h3-68H,1-2H3. The van der Waals surface area contributed by atoms with Crippen molar-refractivity contribution in [1.29, 1.82) is 0 Å². The van der Waals surface area contributed by atoms with Crippen molar-refractivity contribution in [3.63, 3.8) is 0 Å². The zero-order chi connectivity index (χ0) is 69.3. The van der Waals surface area contributed by atoms with Gasteiger partial charge in [-0.15, -0.1) is 0 Å². The van der Waals surface area contributed by atoms with Gasteiger partial charge in [-0.2, -0.15) is 0 Å². The van der Waals surface area contributed by atoms with Crippen LogP contribution in [0.15, 0.2) is 400 Å². The highest BCUT2D eigenvalue weighted by molar-refractivity contribution is 6.07. The molecule has 17 aromatic rings. The number of anilines is 6. The van der Waals surface area contributed by atoms with Crippen LogP contribution >= 0.6 is 0 Å². The average molecular weight is 1330 g/mol. The van der Waals surface area contributed by atoms with Gasteiger partial charge in [0, 0.05) is 39.3 Å². The van der Waals surface area contributed by atoms with Crippen LogP contribution in [0.4, 0.5) is 34.1 Å². The lowest BCUT2D eigenvalue weighted by Gasteiger charge is -2.35. The van der Waals surface area contributed by atoms with Crippen LogP contribution in [0.3, 0.4) is 0 Å². The Hall–Kier alpha value is -13.1. The van der Waals surface area contributed by atoms with Gasteiger partial charge in [0.1, 0.15) is 0 Å². The number of hydrogen-bond acceptors (Lipinski definition) is 2. The molecule has 0 N–H and O–H groups in total. The van der Waals surface area contributed by atoms with Gasteiger partial charge in [0.15, 0.2) is 0 Å². The van der Waals surface area contributed by atoms with E-state index in [9.17, 15) is 0 Å². The van der Waals surface area contributed by atoms with E-state index in [0.29, 0.717) is 0 Å². The molecule has 490 valence electrons. The first-order valence-corrected chi connectivity index (χ1v) is 36.2. The van der Waals surface area contributed by atoms with E-state index in [0.717, 1.165) is 73.1 Å². The number of hydrogen-bond donors (Lipinski definition) is 0. The highest BCUT2D eigenvalue weighted by atomic mass is 15.2. The third-order valence-electron chi connectivity index (χ3n) is 22.1. The lowest BCUT2D eigenvalue weighted by Crippen LogP contribution is -2.28. The molecular formula is C102H72N2. The highest BCUT2D eigenvalue weighted by Crippen LogP contribution is 2.59. The fourth-order valence-electron chi connectivity index (χ4n) is 17.5. The van der Waals surface area contributed by atoms with Crippen molar-refractivity contribution in [3.05, 3.63) is 434 Å². The molecule has 2 aliphatic carbocycles. The maximum atomic E-state index is 2.52. The Labute approximate surface area is 609 Å². The molecule has 0 radical (unpaired) electrons. The third kappa shape index (κ3) is 10.2. The summed E-state index contributed by atoms with van der Waals surface area (Å²) in [6.45, 7) is 4.75. The fourth-order valence-corrected chi connectivity index (χ4v) is 17.5. The third-order valence-corrected chi connectivity index (χ3v) is 22.1. The van der Waals surface area contributed by atoms with E-state index in [1.807, 2.05) is 0 Å². The summed E-state index contributed by atoms with van der Waals surface area (Å²) in [5.41, 5.74) is 32.5. The molecular weight excluding hydrogens is 1250 g/mol. The van der Waals surface area contributed by atoms with E-state index >= 15 is 0 Å². The van der Waals surface area contributed by atoms with Gasteiger partial charge in [0.2, 0.25) is 0 Å². The number of nitrogens with zero attached hydrogens (tertiary/aromatic N) is 2. The van der Waals surface area contributed by atoms with E-state index in [4.69, 9.17) is 0 Å². The Bertz CT molecular complexity index is 6090. The minimum absolute atomic E-state index is 0.142. The molecule has 0 aliphatic heterocycles. The van der Waals surface area contributed by atoms with Crippen LogP contribution in [0.5, 0.6) is 0 Å². The van der Waals surface area contributed by atoms with Crippen LogP contribution in [0.1, 0.15) is 47.2 Å². The molecule has 0 amide bonds. The van der Waals surface area contributed by atoms with Gasteiger partial charge >= 0.3 is 0 Å². The van der Waals surface area contributed by atoms with Crippen molar-refractivity contribution in [2.45, 2.75) is 24.7 Å². The molecule has 0 saturated carbocycles. The van der Waals surface area contributed by atoms with Crippen LogP contribution in [0.25, 0.3) is 111 Å². The maximum Gasteiger partial charge on any atom is 0.0714 e. The van der Waals surface area contributed by atoms with Crippen LogP contribution in [-0.2, 0) is 10.8 Å². The molecule has 0 fully saturated rings.